The molecule has 1 fully saturated rings. The van der Waals surface area contributed by atoms with Crippen LogP contribution in [0.2, 0.25) is 0 Å². The lowest BCUT2D eigenvalue weighted by atomic mass is 10.2. The van der Waals surface area contributed by atoms with Gasteiger partial charge >= 0.3 is 0 Å². The predicted molar refractivity (Wildman–Crippen MR) is 137 cm³/mol. The second-order valence-corrected chi connectivity index (χ2v) is 10.9. The molecule has 0 aliphatic carbocycles. The number of amides is 1. The van der Waals surface area contributed by atoms with Crippen molar-refractivity contribution in [1.29, 1.82) is 0 Å². The zero-order valence-corrected chi connectivity index (χ0v) is 20.9. The average Bonchev–Trinajstić information content (AvgIpc) is 3.33. The highest BCUT2D eigenvalue weighted by Gasteiger charge is 2.31. The number of nitrogens with zero attached hydrogens (tertiary/aromatic N) is 3. The van der Waals surface area contributed by atoms with E-state index in [1.165, 1.54) is 16.4 Å². The van der Waals surface area contributed by atoms with Gasteiger partial charge < -0.3 is 14.5 Å². The molecule has 5 rings (SSSR count). The molecule has 0 spiro atoms. The Hall–Kier alpha value is -3.59. The van der Waals surface area contributed by atoms with Crippen molar-refractivity contribution in [1.82, 2.24) is 4.90 Å². The van der Waals surface area contributed by atoms with Crippen LogP contribution in [0.5, 0.6) is 5.75 Å². The first-order chi connectivity index (χ1) is 17.3. The van der Waals surface area contributed by atoms with E-state index in [4.69, 9.17) is 4.74 Å². The van der Waals surface area contributed by atoms with Gasteiger partial charge in [-0.1, -0.05) is 30.3 Å². The molecule has 3 aromatic carbocycles. The molecule has 7 nitrogen and oxygen atoms in total. The molecular formula is C27H28FN3O4S. The largest absolute Gasteiger partial charge is 0.483 e. The molecule has 1 amide bonds. The number of benzene rings is 3. The maximum atomic E-state index is 14.0. The van der Waals surface area contributed by atoms with Crippen molar-refractivity contribution in [2.75, 3.05) is 48.5 Å². The quantitative estimate of drug-likeness (QED) is 0.508. The summed E-state index contributed by atoms with van der Waals surface area (Å²) in [5.41, 5.74) is 2.92. The molecule has 2 heterocycles. The van der Waals surface area contributed by atoms with Gasteiger partial charge in [0.25, 0.3) is 15.9 Å². The van der Waals surface area contributed by atoms with E-state index in [9.17, 15) is 17.6 Å². The van der Waals surface area contributed by atoms with Gasteiger partial charge in [-0.15, -0.1) is 0 Å². The molecule has 0 radical (unpaired) electrons. The van der Waals surface area contributed by atoms with Crippen LogP contribution in [0, 0.1) is 12.7 Å². The zero-order valence-electron chi connectivity index (χ0n) is 20.1. The molecule has 0 aromatic heterocycles. The summed E-state index contributed by atoms with van der Waals surface area (Å²) in [6.07, 6.45) is 0.687. The third-order valence-corrected chi connectivity index (χ3v) is 8.56. The van der Waals surface area contributed by atoms with Crippen molar-refractivity contribution in [2.24, 2.45) is 0 Å². The van der Waals surface area contributed by atoms with Gasteiger partial charge in [0.15, 0.2) is 6.61 Å². The highest BCUT2D eigenvalue weighted by atomic mass is 32.2. The number of piperazine rings is 1. The Morgan fingerprint density at radius 2 is 1.61 bits per heavy atom. The maximum absolute atomic E-state index is 14.0. The van der Waals surface area contributed by atoms with E-state index >= 15 is 0 Å². The third-order valence-electron chi connectivity index (χ3n) is 6.76. The molecule has 188 valence electrons. The summed E-state index contributed by atoms with van der Waals surface area (Å²) < 4.78 is 47.8. The molecule has 0 N–H and O–H groups in total. The number of carbonyl (C=O) groups excluding carboxylic acids is 1. The van der Waals surface area contributed by atoms with Crippen molar-refractivity contribution in [3.05, 3.63) is 83.7 Å². The number of ether oxygens (including phenoxy) is 1. The van der Waals surface area contributed by atoms with Crippen molar-refractivity contribution in [3.63, 3.8) is 0 Å². The molecule has 9 heteroatoms. The SMILES string of the molecule is Cc1cc(S(=O)(=O)N2CCc3ccccc32)ccc1OCC(=O)N1CCN(c2ccccc2F)CC1. The van der Waals surface area contributed by atoms with Crippen LogP contribution in [0.1, 0.15) is 11.1 Å². The Morgan fingerprint density at radius 1 is 0.917 bits per heavy atom. The number of halogens is 1. The lowest BCUT2D eigenvalue weighted by Gasteiger charge is -2.36. The fraction of sp³-hybridized carbons (Fsp3) is 0.296. The molecule has 3 aromatic rings. The number of fused-ring (bicyclic) bond motifs is 1. The van der Waals surface area contributed by atoms with Gasteiger partial charge in [0.1, 0.15) is 11.6 Å². The van der Waals surface area contributed by atoms with Crippen LogP contribution in [0.4, 0.5) is 15.8 Å². The molecule has 2 aliphatic heterocycles. The van der Waals surface area contributed by atoms with Gasteiger partial charge in [-0.25, -0.2) is 12.8 Å². The van der Waals surface area contributed by atoms with Crippen molar-refractivity contribution in [3.8, 4) is 5.75 Å². The molecule has 0 atom stereocenters. The van der Waals surface area contributed by atoms with Crippen LogP contribution < -0.4 is 13.9 Å². The minimum Gasteiger partial charge on any atom is -0.483 e. The summed E-state index contributed by atoms with van der Waals surface area (Å²) in [5, 5.41) is 0. The van der Waals surface area contributed by atoms with Crippen LogP contribution in [-0.2, 0) is 21.2 Å². The molecule has 2 aliphatic rings. The summed E-state index contributed by atoms with van der Waals surface area (Å²) in [7, 11) is -3.70. The van der Waals surface area contributed by atoms with E-state index in [0.717, 1.165) is 11.3 Å². The van der Waals surface area contributed by atoms with E-state index < -0.39 is 10.0 Å². The van der Waals surface area contributed by atoms with Gasteiger partial charge in [-0.3, -0.25) is 9.10 Å². The number of carbonyl (C=O) groups is 1. The zero-order chi connectivity index (χ0) is 25.3. The van der Waals surface area contributed by atoms with Gasteiger partial charge in [-0.05, 0) is 60.9 Å². The number of anilines is 2. The Labute approximate surface area is 210 Å². The van der Waals surface area contributed by atoms with E-state index in [-0.39, 0.29) is 23.2 Å². The maximum Gasteiger partial charge on any atom is 0.264 e. The van der Waals surface area contributed by atoms with E-state index in [0.29, 0.717) is 56.1 Å². The smallest absolute Gasteiger partial charge is 0.264 e. The fourth-order valence-electron chi connectivity index (χ4n) is 4.76. The molecule has 0 saturated carbocycles. The Kier molecular flexibility index (Phi) is 6.57. The average molecular weight is 510 g/mol. The number of aryl methyl sites for hydroxylation is 1. The van der Waals surface area contributed by atoms with Crippen LogP contribution >= 0.6 is 0 Å². The monoisotopic (exact) mass is 509 g/mol. The fourth-order valence-corrected chi connectivity index (χ4v) is 6.35. The molecule has 0 bridgehead atoms. The van der Waals surface area contributed by atoms with Crippen molar-refractivity contribution < 1.29 is 22.3 Å². The summed E-state index contributed by atoms with van der Waals surface area (Å²) in [6, 6.07) is 18.9. The molecule has 1 saturated heterocycles. The number of rotatable bonds is 6. The number of hydrogen-bond acceptors (Lipinski definition) is 5. The van der Waals surface area contributed by atoms with E-state index in [1.54, 1.807) is 42.2 Å². The minimum atomic E-state index is -3.70. The van der Waals surface area contributed by atoms with Crippen LogP contribution in [-0.4, -0.2) is 58.6 Å². The summed E-state index contributed by atoms with van der Waals surface area (Å²) in [5.74, 6) is 0.0394. The lowest BCUT2D eigenvalue weighted by molar-refractivity contribution is -0.133. The molecular weight excluding hydrogens is 481 g/mol. The second-order valence-electron chi connectivity index (χ2n) is 8.99. The molecule has 36 heavy (non-hydrogen) atoms. The number of sulfonamides is 1. The Bertz CT molecular complexity index is 1390. The van der Waals surface area contributed by atoms with Gasteiger partial charge in [0.05, 0.1) is 16.3 Å². The predicted octanol–water partition coefficient (Wildman–Crippen LogP) is 3.61. The van der Waals surface area contributed by atoms with E-state index in [2.05, 4.69) is 0 Å². The van der Waals surface area contributed by atoms with Crippen molar-refractivity contribution in [2.45, 2.75) is 18.2 Å². The van der Waals surface area contributed by atoms with Gasteiger partial charge in [0, 0.05) is 32.7 Å². The van der Waals surface area contributed by atoms with Crippen LogP contribution in [0.3, 0.4) is 0 Å². The third kappa shape index (κ3) is 4.63. The topological polar surface area (TPSA) is 70.2 Å². The number of para-hydroxylation sites is 2. The first-order valence-corrected chi connectivity index (χ1v) is 13.4. The van der Waals surface area contributed by atoms with Gasteiger partial charge in [0.2, 0.25) is 0 Å². The van der Waals surface area contributed by atoms with Crippen molar-refractivity contribution >= 4 is 27.3 Å². The summed E-state index contributed by atoms with van der Waals surface area (Å²) in [6.45, 7) is 4.07. The summed E-state index contributed by atoms with van der Waals surface area (Å²) >= 11 is 0. The highest BCUT2D eigenvalue weighted by Crippen LogP contribution is 2.33. The van der Waals surface area contributed by atoms with Crippen LogP contribution in [0.25, 0.3) is 0 Å². The normalized spacial score (nSPS) is 15.7. The highest BCUT2D eigenvalue weighted by molar-refractivity contribution is 7.92. The van der Waals surface area contributed by atoms with E-state index in [1.807, 2.05) is 29.2 Å². The molecule has 0 unspecified atom stereocenters. The standard InChI is InChI=1S/C27H28FN3O4S/c1-20-18-22(36(33,34)31-13-12-21-6-2-4-8-24(21)31)10-11-26(20)35-19-27(32)30-16-14-29(15-17-30)25-9-5-3-7-23(25)28/h2-11,18H,12-17,19H2,1H3. The first kappa shape index (κ1) is 24.1. The lowest BCUT2D eigenvalue weighted by Crippen LogP contribution is -2.50. The number of hydrogen-bond donors (Lipinski definition) is 0. The Morgan fingerprint density at radius 3 is 2.33 bits per heavy atom. The summed E-state index contributed by atoms with van der Waals surface area (Å²) in [4.78, 5) is 16.5. The minimum absolute atomic E-state index is 0.147. The van der Waals surface area contributed by atoms with Crippen LogP contribution in [0.15, 0.2) is 71.6 Å². The Balaban J connectivity index is 1.19. The van der Waals surface area contributed by atoms with Gasteiger partial charge in [-0.2, -0.15) is 0 Å². The first-order valence-electron chi connectivity index (χ1n) is 12.0. The second kappa shape index (κ2) is 9.81.